The van der Waals surface area contributed by atoms with Crippen molar-refractivity contribution in [1.82, 2.24) is 10.6 Å². The molecule has 4 rings (SSSR count). The summed E-state index contributed by atoms with van der Waals surface area (Å²) in [5.74, 6) is 0.522. The summed E-state index contributed by atoms with van der Waals surface area (Å²) in [5.41, 5.74) is 0.797. The second-order valence-corrected chi connectivity index (χ2v) is 15.2. The van der Waals surface area contributed by atoms with Gasteiger partial charge < -0.3 is 20.8 Å². The second-order valence-electron chi connectivity index (χ2n) is 12.7. The highest BCUT2D eigenvalue weighted by molar-refractivity contribution is 7.91. The molecule has 244 valence electrons. The van der Waals surface area contributed by atoms with Crippen molar-refractivity contribution in [3.8, 4) is 12.3 Å². The summed E-state index contributed by atoms with van der Waals surface area (Å²) in [6.07, 6.45) is 11.1. The first-order valence-corrected chi connectivity index (χ1v) is 18.0. The minimum absolute atomic E-state index is 0.0519. The van der Waals surface area contributed by atoms with Crippen molar-refractivity contribution in [2.75, 3.05) is 5.75 Å². The maximum atomic E-state index is 13.9. The summed E-state index contributed by atoms with van der Waals surface area (Å²) in [7, 11) is -3.87. The van der Waals surface area contributed by atoms with Crippen LogP contribution in [-0.2, 0) is 25.8 Å². The van der Waals surface area contributed by atoms with Gasteiger partial charge in [0, 0.05) is 11.4 Å². The van der Waals surface area contributed by atoms with Crippen molar-refractivity contribution in [3.63, 3.8) is 0 Å². The van der Waals surface area contributed by atoms with Crippen LogP contribution in [0, 0.1) is 30.1 Å². The quantitative estimate of drug-likeness (QED) is 0.197. The molecular formula is C35H45ClN2O6S. The summed E-state index contributed by atoms with van der Waals surface area (Å²) in [4.78, 5) is 27.7. The number of hydrogen-bond donors (Lipinski definition) is 4. The van der Waals surface area contributed by atoms with Crippen LogP contribution < -0.4 is 10.6 Å². The third-order valence-electron chi connectivity index (χ3n) is 8.96. The van der Waals surface area contributed by atoms with Gasteiger partial charge in [0.15, 0.2) is 9.84 Å². The van der Waals surface area contributed by atoms with Crippen LogP contribution in [0.4, 0.5) is 0 Å². The largest absolute Gasteiger partial charge is 0.389 e. The average molecular weight is 657 g/mol. The van der Waals surface area contributed by atoms with Crippen molar-refractivity contribution >= 4 is 33.3 Å². The van der Waals surface area contributed by atoms with E-state index in [1.165, 1.54) is 24.3 Å². The van der Waals surface area contributed by atoms with Crippen molar-refractivity contribution in [3.05, 3.63) is 65.2 Å². The van der Waals surface area contributed by atoms with E-state index in [0.717, 1.165) is 50.5 Å². The molecule has 2 aromatic rings. The standard InChI is InChI=1S/C35H45ClN2O6S/c1-2-9-32(39)33(40)30(21-25-12-7-4-8-13-25)37-35(42)31(22-26-14-15-26)38-34(41)27(20-24-10-5-3-6-11-24)23-45(43,44)29-18-16-28(36)17-19-29/h1,3,5-6,10-11,16-19,25-27,30-33,39-40H,4,7-9,12-15,20-23H2,(H,37,42)(H,38,41)/t27-,30+,31+,32+,33-/m1/s1. The lowest BCUT2D eigenvalue weighted by Gasteiger charge is -2.33. The van der Waals surface area contributed by atoms with E-state index in [2.05, 4.69) is 16.6 Å². The minimum Gasteiger partial charge on any atom is -0.389 e. The summed E-state index contributed by atoms with van der Waals surface area (Å²) in [6, 6.07) is 13.3. The van der Waals surface area contributed by atoms with E-state index in [1.54, 1.807) is 0 Å². The van der Waals surface area contributed by atoms with Gasteiger partial charge in [-0.25, -0.2) is 8.42 Å². The Balaban J connectivity index is 1.53. The van der Waals surface area contributed by atoms with Gasteiger partial charge in [-0.1, -0.05) is 86.9 Å². The SMILES string of the molecule is C#CC[C@H](O)[C@H](O)[C@H](CC1CCCCC1)NC(=O)[C@H](CC1CC1)NC(=O)[C@H](Cc1ccccc1)CS(=O)(=O)c1ccc(Cl)cc1. The first-order chi connectivity index (χ1) is 21.6. The minimum atomic E-state index is -3.87. The Morgan fingerprint density at radius 2 is 1.53 bits per heavy atom. The number of nitrogens with one attached hydrogen (secondary N) is 2. The fourth-order valence-corrected chi connectivity index (χ4v) is 7.86. The van der Waals surface area contributed by atoms with Crippen LogP contribution in [0.5, 0.6) is 0 Å². The van der Waals surface area contributed by atoms with E-state index in [9.17, 15) is 28.2 Å². The number of amides is 2. The van der Waals surface area contributed by atoms with Crippen LogP contribution in [0.1, 0.15) is 69.8 Å². The molecule has 0 heterocycles. The van der Waals surface area contributed by atoms with Gasteiger partial charge in [0.05, 0.1) is 28.7 Å². The molecule has 5 atom stereocenters. The molecule has 45 heavy (non-hydrogen) atoms. The maximum Gasteiger partial charge on any atom is 0.242 e. The first-order valence-electron chi connectivity index (χ1n) is 16.0. The Morgan fingerprint density at radius 3 is 2.16 bits per heavy atom. The molecule has 0 aliphatic heterocycles. The number of hydrogen-bond acceptors (Lipinski definition) is 6. The van der Waals surface area contributed by atoms with Gasteiger partial charge in [-0.2, -0.15) is 0 Å². The van der Waals surface area contributed by atoms with Gasteiger partial charge in [0.2, 0.25) is 11.8 Å². The highest BCUT2D eigenvalue weighted by Gasteiger charge is 2.37. The van der Waals surface area contributed by atoms with E-state index in [-0.39, 0.29) is 23.7 Å². The lowest BCUT2D eigenvalue weighted by atomic mass is 9.82. The van der Waals surface area contributed by atoms with Crippen LogP contribution in [0.25, 0.3) is 0 Å². The highest BCUT2D eigenvalue weighted by atomic mass is 35.5. The molecule has 2 aliphatic carbocycles. The predicted molar refractivity (Wildman–Crippen MR) is 175 cm³/mol. The molecule has 0 radical (unpaired) electrons. The topological polar surface area (TPSA) is 133 Å². The molecule has 0 spiro atoms. The maximum absolute atomic E-state index is 13.9. The Kier molecular flexibility index (Phi) is 12.9. The molecular weight excluding hydrogens is 612 g/mol. The number of aliphatic hydroxyl groups excluding tert-OH is 2. The van der Waals surface area contributed by atoms with Crippen LogP contribution in [0.2, 0.25) is 5.02 Å². The van der Waals surface area contributed by atoms with Gasteiger partial charge in [0.1, 0.15) is 12.1 Å². The fourth-order valence-electron chi connectivity index (χ4n) is 6.20. The van der Waals surface area contributed by atoms with E-state index in [4.69, 9.17) is 18.0 Å². The zero-order valence-electron chi connectivity index (χ0n) is 25.6. The number of aliphatic hydroxyl groups is 2. The molecule has 4 N–H and O–H groups in total. The second kappa shape index (κ2) is 16.6. The van der Waals surface area contributed by atoms with Crippen molar-refractivity contribution in [2.45, 2.75) is 99.8 Å². The van der Waals surface area contributed by atoms with E-state index >= 15 is 0 Å². The van der Waals surface area contributed by atoms with Gasteiger partial charge in [0.25, 0.3) is 0 Å². The number of benzene rings is 2. The fraction of sp³-hybridized carbons (Fsp3) is 0.543. The molecule has 10 heteroatoms. The van der Waals surface area contributed by atoms with Crippen molar-refractivity contribution in [2.24, 2.45) is 17.8 Å². The molecule has 0 aromatic heterocycles. The Bertz CT molecular complexity index is 1400. The number of rotatable bonds is 16. The van der Waals surface area contributed by atoms with Crippen molar-refractivity contribution in [1.29, 1.82) is 0 Å². The third kappa shape index (κ3) is 10.8. The van der Waals surface area contributed by atoms with E-state index < -0.39 is 57.6 Å². The Morgan fingerprint density at radius 1 is 0.889 bits per heavy atom. The van der Waals surface area contributed by atoms with Gasteiger partial charge in [-0.15, -0.1) is 12.3 Å². The number of halogens is 1. The normalized spacial score (nSPS) is 19.0. The summed E-state index contributed by atoms with van der Waals surface area (Å²) in [5, 5.41) is 27.8. The summed E-state index contributed by atoms with van der Waals surface area (Å²) >= 11 is 5.97. The average Bonchev–Trinajstić information content (AvgIpc) is 3.85. The number of terminal acetylenes is 1. The molecule has 2 amide bonds. The number of carbonyl (C=O) groups is 2. The summed E-state index contributed by atoms with van der Waals surface area (Å²) in [6.45, 7) is 0. The molecule has 2 saturated carbocycles. The molecule has 0 bridgehead atoms. The molecule has 8 nitrogen and oxygen atoms in total. The van der Waals surface area contributed by atoms with Gasteiger partial charge >= 0.3 is 0 Å². The lowest BCUT2D eigenvalue weighted by Crippen LogP contribution is -2.56. The molecule has 2 aliphatic rings. The molecule has 2 aromatic carbocycles. The van der Waals surface area contributed by atoms with E-state index in [1.807, 2.05) is 30.3 Å². The zero-order chi connectivity index (χ0) is 32.4. The molecule has 0 saturated heterocycles. The number of sulfone groups is 1. The third-order valence-corrected chi connectivity index (χ3v) is 11.0. The molecule has 2 fully saturated rings. The van der Waals surface area contributed by atoms with Crippen molar-refractivity contribution < 1.29 is 28.2 Å². The highest BCUT2D eigenvalue weighted by Crippen LogP contribution is 2.34. The van der Waals surface area contributed by atoms with Crippen LogP contribution >= 0.6 is 11.6 Å². The van der Waals surface area contributed by atoms with Crippen LogP contribution in [0.3, 0.4) is 0 Å². The number of carbonyl (C=O) groups excluding carboxylic acids is 2. The molecule has 0 unspecified atom stereocenters. The monoisotopic (exact) mass is 656 g/mol. The van der Waals surface area contributed by atoms with Crippen LogP contribution in [0.15, 0.2) is 59.5 Å². The smallest absolute Gasteiger partial charge is 0.242 e. The summed E-state index contributed by atoms with van der Waals surface area (Å²) < 4.78 is 26.8. The predicted octanol–water partition coefficient (Wildman–Crippen LogP) is 4.46. The Labute approximate surface area is 272 Å². The zero-order valence-corrected chi connectivity index (χ0v) is 27.2. The van der Waals surface area contributed by atoms with Crippen LogP contribution in [-0.4, -0.2) is 60.5 Å². The Hall–Kier alpha value is -2.90. The first kappa shape index (κ1) is 35.0. The lowest BCUT2D eigenvalue weighted by molar-refractivity contribution is -0.132. The van der Waals surface area contributed by atoms with Gasteiger partial charge in [-0.3, -0.25) is 9.59 Å². The van der Waals surface area contributed by atoms with E-state index in [0.29, 0.717) is 23.8 Å². The van der Waals surface area contributed by atoms with Gasteiger partial charge in [-0.05, 0) is 60.9 Å².